The van der Waals surface area contributed by atoms with E-state index in [-0.39, 0.29) is 9.52 Å². The lowest BCUT2D eigenvalue weighted by molar-refractivity contribution is 0.762. The number of hydrogen-bond donors (Lipinski definition) is 1. The molecule has 0 spiro atoms. The van der Waals surface area contributed by atoms with Crippen molar-refractivity contribution in [2.24, 2.45) is 0 Å². The van der Waals surface area contributed by atoms with Crippen LogP contribution in [0.1, 0.15) is 27.2 Å². The third-order valence-corrected chi connectivity index (χ3v) is 4.77. The van der Waals surface area contributed by atoms with Crippen LogP contribution in [-0.2, 0) is 0 Å². The van der Waals surface area contributed by atoms with Gasteiger partial charge in [-0.15, -0.1) is 0 Å². The molecule has 19 heavy (non-hydrogen) atoms. The van der Waals surface area contributed by atoms with Gasteiger partial charge in [0.05, 0.1) is 9.52 Å². The van der Waals surface area contributed by atoms with Crippen molar-refractivity contribution < 1.29 is 0 Å². The van der Waals surface area contributed by atoms with Crippen LogP contribution in [0.2, 0.25) is 0 Å². The maximum Gasteiger partial charge on any atom is 0.0713 e. The van der Waals surface area contributed by atoms with Crippen LogP contribution < -0.4 is 10.5 Å². The van der Waals surface area contributed by atoms with E-state index >= 15 is 0 Å². The lowest BCUT2D eigenvalue weighted by Gasteiger charge is -2.02. The molecule has 0 aliphatic heterocycles. The lowest BCUT2D eigenvalue weighted by Crippen LogP contribution is -2.18. The van der Waals surface area contributed by atoms with Crippen LogP contribution in [0.25, 0.3) is 0 Å². The summed E-state index contributed by atoms with van der Waals surface area (Å²) in [4.78, 5) is 0. The minimum Gasteiger partial charge on any atom is -0.317 e. The summed E-state index contributed by atoms with van der Waals surface area (Å²) in [6, 6.07) is 10.8. The zero-order chi connectivity index (χ0) is 13.9. The average Bonchev–Trinajstić information content (AvgIpc) is 2.89. The summed E-state index contributed by atoms with van der Waals surface area (Å²) >= 11 is 0. The first-order valence-corrected chi connectivity index (χ1v) is 8.70. The van der Waals surface area contributed by atoms with E-state index in [0.717, 1.165) is 19.5 Å². The van der Waals surface area contributed by atoms with Crippen molar-refractivity contribution in [1.29, 1.82) is 0 Å². The van der Waals surface area contributed by atoms with Gasteiger partial charge in [0.15, 0.2) is 0 Å². The molecule has 2 rings (SSSR count). The van der Waals surface area contributed by atoms with E-state index in [1.807, 2.05) is 0 Å². The normalized spacial score (nSPS) is 14.6. The Bertz CT molecular complexity index is 393. The Morgan fingerprint density at radius 3 is 2.11 bits per heavy atom. The Hall–Kier alpha value is -1.12. The summed E-state index contributed by atoms with van der Waals surface area (Å²) in [6.07, 6.45) is 8.06. The summed E-state index contributed by atoms with van der Waals surface area (Å²) in [5.74, 6) is 0. The highest BCUT2D eigenvalue weighted by Crippen LogP contribution is 2.18. The molecule has 1 nitrogen and oxygen atoms in total. The molecule has 1 aliphatic rings. The third kappa shape index (κ3) is 6.55. The minimum absolute atomic E-state index is 0.223. The molecule has 103 valence electrons. The first kappa shape index (κ1) is 15.9. The molecule has 1 aromatic rings. The second kappa shape index (κ2) is 9.76. The van der Waals surface area contributed by atoms with E-state index in [4.69, 9.17) is 0 Å². The topological polar surface area (TPSA) is 12.0 Å². The Labute approximate surface area is 120 Å². The molecule has 0 unspecified atom stereocenters. The van der Waals surface area contributed by atoms with E-state index in [0.29, 0.717) is 0 Å². The van der Waals surface area contributed by atoms with Gasteiger partial charge in [0.25, 0.3) is 0 Å². The molecule has 0 bridgehead atoms. The maximum absolute atomic E-state index is 3.11. The van der Waals surface area contributed by atoms with Gasteiger partial charge in [-0.2, -0.15) is 0 Å². The van der Waals surface area contributed by atoms with Crippen LogP contribution in [0.4, 0.5) is 0 Å². The van der Waals surface area contributed by atoms with Gasteiger partial charge in [0.2, 0.25) is 0 Å². The minimum atomic E-state index is -0.223. The Balaban J connectivity index is 0.000000312. The zero-order valence-electron chi connectivity index (χ0n) is 12.4. The van der Waals surface area contributed by atoms with Gasteiger partial charge in [-0.05, 0) is 19.5 Å². The molecule has 0 amide bonds. The smallest absolute Gasteiger partial charge is 0.0713 e. The molecule has 0 atom stereocenters. The monoisotopic (exact) mass is 272 g/mol. The molecule has 1 N–H and O–H groups in total. The molecule has 0 fully saturated rings. The van der Waals surface area contributed by atoms with E-state index in [1.165, 1.54) is 10.8 Å². The van der Waals surface area contributed by atoms with Crippen molar-refractivity contribution in [3.05, 3.63) is 59.7 Å². The molecule has 2 heteroatoms. The van der Waals surface area contributed by atoms with E-state index < -0.39 is 0 Å². The van der Waals surface area contributed by atoms with Crippen LogP contribution in [0.3, 0.4) is 0 Å². The largest absolute Gasteiger partial charge is 0.317 e. The number of hydrogen-bond acceptors (Lipinski definition) is 1. The molecule has 0 heterocycles. The van der Waals surface area contributed by atoms with Gasteiger partial charge in [-0.1, -0.05) is 80.1 Å². The average molecular weight is 272 g/mol. The maximum atomic E-state index is 3.11. The summed E-state index contributed by atoms with van der Waals surface area (Å²) in [5, 5.41) is 4.64. The van der Waals surface area contributed by atoms with Crippen molar-refractivity contribution in [3.63, 3.8) is 0 Å². The highest BCUT2D eigenvalue weighted by Gasteiger charge is 2.09. The molecule has 0 saturated heterocycles. The summed E-state index contributed by atoms with van der Waals surface area (Å²) in [6.45, 7) is 8.60. The molecule has 1 radical (unpaired) electrons. The first-order chi connectivity index (χ1) is 9.30. The first-order valence-electron chi connectivity index (χ1n) is 7.29. The number of benzene rings is 1. The van der Waals surface area contributed by atoms with Crippen LogP contribution in [0.5, 0.6) is 0 Å². The quantitative estimate of drug-likeness (QED) is 0.812. The van der Waals surface area contributed by atoms with Gasteiger partial charge in [0, 0.05) is 5.54 Å². The second-order valence-electron chi connectivity index (χ2n) is 4.60. The standard InChI is InChI=1S/C13H15Si.C4H11N/c1-2-11-8-9-13(10-11)14-12-6-4-3-5-7-12;1-3-5-4-2/h3-10H,2,14H2,1H3;5H,3-4H2,1-2H3. The number of nitrogens with one attached hydrogen (secondary N) is 1. The fraction of sp³-hybridized carbons (Fsp3) is 0.353. The van der Waals surface area contributed by atoms with E-state index in [9.17, 15) is 0 Å². The molecule has 1 aromatic carbocycles. The number of allylic oxidation sites excluding steroid dienone is 4. The molecule has 1 aliphatic carbocycles. The Kier molecular flexibility index (Phi) is 8.19. The fourth-order valence-corrected chi connectivity index (χ4v) is 3.54. The predicted octanol–water partition coefficient (Wildman–Crippen LogP) is 2.53. The molecule has 0 aromatic heterocycles. The van der Waals surface area contributed by atoms with Gasteiger partial charge in [0.1, 0.15) is 0 Å². The van der Waals surface area contributed by atoms with Crippen molar-refractivity contribution in [2.45, 2.75) is 27.2 Å². The van der Waals surface area contributed by atoms with Crippen LogP contribution in [0.15, 0.2) is 54.1 Å². The van der Waals surface area contributed by atoms with Crippen molar-refractivity contribution in [2.75, 3.05) is 13.1 Å². The zero-order valence-corrected chi connectivity index (χ0v) is 13.9. The van der Waals surface area contributed by atoms with Crippen LogP contribution >= 0.6 is 0 Å². The van der Waals surface area contributed by atoms with Crippen molar-refractivity contribution in [3.8, 4) is 0 Å². The van der Waals surface area contributed by atoms with Gasteiger partial charge in [-0.3, -0.25) is 0 Å². The molecule has 0 saturated carbocycles. The highest BCUT2D eigenvalue weighted by atomic mass is 28.2. The van der Waals surface area contributed by atoms with E-state index in [1.54, 1.807) is 5.54 Å². The lowest BCUT2D eigenvalue weighted by atomic mass is 10.2. The van der Waals surface area contributed by atoms with Crippen LogP contribution in [-0.4, -0.2) is 22.6 Å². The molecular weight excluding hydrogens is 246 g/mol. The van der Waals surface area contributed by atoms with Gasteiger partial charge in [-0.25, -0.2) is 0 Å². The highest BCUT2D eigenvalue weighted by molar-refractivity contribution is 6.60. The fourth-order valence-electron chi connectivity index (χ4n) is 1.96. The summed E-state index contributed by atoms with van der Waals surface area (Å²) in [7, 11) is -0.223. The van der Waals surface area contributed by atoms with Crippen molar-refractivity contribution in [1.82, 2.24) is 5.32 Å². The van der Waals surface area contributed by atoms with Gasteiger partial charge < -0.3 is 5.32 Å². The Morgan fingerprint density at radius 1 is 0.947 bits per heavy atom. The van der Waals surface area contributed by atoms with E-state index in [2.05, 4.69) is 74.6 Å². The summed E-state index contributed by atoms with van der Waals surface area (Å²) in [5.41, 5.74) is 3.04. The Morgan fingerprint density at radius 2 is 1.63 bits per heavy atom. The second-order valence-corrected chi connectivity index (χ2v) is 6.59. The van der Waals surface area contributed by atoms with Gasteiger partial charge >= 0.3 is 0 Å². The predicted molar refractivity (Wildman–Crippen MR) is 89.6 cm³/mol. The van der Waals surface area contributed by atoms with Crippen LogP contribution in [0, 0.1) is 5.54 Å². The third-order valence-electron chi connectivity index (χ3n) is 3.04. The SMILES string of the molecule is CCC1=C[C]([SiH2]c2ccccc2)C=C1.CCNCC. The molecular formula is C17H26NSi. The van der Waals surface area contributed by atoms with Crippen molar-refractivity contribution >= 4 is 14.7 Å². The summed E-state index contributed by atoms with van der Waals surface area (Å²) < 4.78 is 0. The number of rotatable bonds is 5.